The van der Waals surface area contributed by atoms with Gasteiger partial charge < -0.3 is 4.52 Å². The number of hydrogen-bond donors (Lipinski definition) is 0. The molecule has 0 saturated heterocycles. The van der Waals surface area contributed by atoms with Crippen molar-refractivity contribution in [2.24, 2.45) is 5.41 Å². The lowest BCUT2D eigenvalue weighted by atomic mass is 9.88. The molecule has 0 aliphatic carbocycles. The lowest BCUT2D eigenvalue weighted by Crippen LogP contribution is -2.09. The van der Waals surface area contributed by atoms with Crippen molar-refractivity contribution in [3.05, 3.63) is 35.7 Å². The Kier molecular flexibility index (Phi) is 3.01. The van der Waals surface area contributed by atoms with Crippen molar-refractivity contribution in [2.75, 3.05) is 0 Å². The van der Waals surface area contributed by atoms with E-state index in [2.05, 4.69) is 43.0 Å². The average molecular weight is 230 g/mol. The van der Waals surface area contributed by atoms with E-state index in [1.807, 2.05) is 12.1 Å². The first kappa shape index (κ1) is 11.8. The fourth-order valence-electron chi connectivity index (χ4n) is 1.85. The van der Waals surface area contributed by atoms with Crippen LogP contribution < -0.4 is 0 Å². The van der Waals surface area contributed by atoms with E-state index in [-0.39, 0.29) is 5.41 Å². The van der Waals surface area contributed by atoms with Crippen LogP contribution in [-0.2, 0) is 6.42 Å². The molecular formula is C14H18N2O. The van der Waals surface area contributed by atoms with Crippen molar-refractivity contribution in [1.82, 2.24) is 10.1 Å². The van der Waals surface area contributed by atoms with Gasteiger partial charge in [-0.1, -0.05) is 44.1 Å². The number of benzene rings is 1. The number of aromatic nitrogens is 2. The number of aryl methyl sites for hydroxylation is 1. The average Bonchev–Trinajstić information content (AvgIpc) is 2.63. The first-order valence-corrected chi connectivity index (χ1v) is 5.84. The molecule has 0 bridgehead atoms. The van der Waals surface area contributed by atoms with Crippen LogP contribution in [0.15, 0.2) is 28.8 Å². The van der Waals surface area contributed by atoms with Gasteiger partial charge in [0.15, 0.2) is 0 Å². The Labute approximate surface area is 102 Å². The molecule has 17 heavy (non-hydrogen) atoms. The molecular weight excluding hydrogens is 212 g/mol. The normalized spacial score (nSPS) is 11.8. The second-order valence-electron chi connectivity index (χ2n) is 5.57. The van der Waals surface area contributed by atoms with Gasteiger partial charge in [-0.25, -0.2) is 0 Å². The quantitative estimate of drug-likeness (QED) is 0.790. The molecule has 1 aromatic heterocycles. The van der Waals surface area contributed by atoms with Crippen LogP contribution in [0.5, 0.6) is 0 Å². The zero-order valence-corrected chi connectivity index (χ0v) is 10.8. The summed E-state index contributed by atoms with van der Waals surface area (Å²) in [7, 11) is 0. The largest absolute Gasteiger partial charge is 0.339 e. The smallest absolute Gasteiger partial charge is 0.223 e. The molecule has 0 amide bonds. The van der Waals surface area contributed by atoms with E-state index in [9.17, 15) is 0 Å². The van der Waals surface area contributed by atoms with Gasteiger partial charge in [0.2, 0.25) is 11.7 Å². The molecule has 0 aliphatic heterocycles. The Morgan fingerprint density at radius 2 is 2.00 bits per heavy atom. The van der Waals surface area contributed by atoms with Gasteiger partial charge in [0.05, 0.1) is 0 Å². The van der Waals surface area contributed by atoms with Crippen LogP contribution in [0.1, 0.15) is 32.2 Å². The minimum absolute atomic E-state index is 0.284. The van der Waals surface area contributed by atoms with Gasteiger partial charge in [-0.05, 0) is 23.5 Å². The molecule has 90 valence electrons. The second kappa shape index (κ2) is 4.32. The highest BCUT2D eigenvalue weighted by Crippen LogP contribution is 2.23. The van der Waals surface area contributed by atoms with E-state index in [4.69, 9.17) is 4.52 Å². The molecule has 0 N–H and O–H groups in total. The highest BCUT2D eigenvalue weighted by molar-refractivity contribution is 5.55. The molecule has 0 unspecified atom stereocenters. The summed E-state index contributed by atoms with van der Waals surface area (Å²) >= 11 is 0. The van der Waals surface area contributed by atoms with Crippen LogP contribution in [0.2, 0.25) is 0 Å². The van der Waals surface area contributed by atoms with E-state index >= 15 is 0 Å². The molecule has 0 radical (unpaired) electrons. The first-order chi connectivity index (χ1) is 7.94. The van der Waals surface area contributed by atoms with Gasteiger partial charge >= 0.3 is 0 Å². The van der Waals surface area contributed by atoms with E-state index in [1.165, 1.54) is 5.56 Å². The maximum absolute atomic E-state index is 5.00. The third-order valence-electron chi connectivity index (χ3n) is 2.45. The van der Waals surface area contributed by atoms with Crippen molar-refractivity contribution in [3.63, 3.8) is 0 Å². The molecule has 2 aromatic rings. The predicted octanol–water partition coefficient (Wildman–Crippen LogP) is 3.63. The SMILES string of the molecule is Cc1nc(-c2cccc(CC(C)(C)C)c2)no1. The molecule has 3 nitrogen and oxygen atoms in total. The van der Waals surface area contributed by atoms with Crippen LogP contribution in [0.25, 0.3) is 11.4 Å². The van der Waals surface area contributed by atoms with Gasteiger partial charge in [0.1, 0.15) is 0 Å². The fraction of sp³-hybridized carbons (Fsp3) is 0.429. The molecule has 3 heteroatoms. The molecule has 0 saturated carbocycles. The van der Waals surface area contributed by atoms with E-state index < -0.39 is 0 Å². The Morgan fingerprint density at radius 3 is 2.59 bits per heavy atom. The summed E-state index contributed by atoms with van der Waals surface area (Å²) in [6.07, 6.45) is 1.04. The fourth-order valence-corrected chi connectivity index (χ4v) is 1.85. The summed E-state index contributed by atoms with van der Waals surface area (Å²) in [5, 5.41) is 3.94. The van der Waals surface area contributed by atoms with Crippen LogP contribution in [-0.4, -0.2) is 10.1 Å². The highest BCUT2D eigenvalue weighted by Gasteiger charge is 2.12. The zero-order chi connectivity index (χ0) is 12.5. The van der Waals surface area contributed by atoms with Crippen molar-refractivity contribution < 1.29 is 4.52 Å². The van der Waals surface area contributed by atoms with Gasteiger partial charge in [-0.3, -0.25) is 0 Å². The Balaban J connectivity index is 2.29. The zero-order valence-electron chi connectivity index (χ0n) is 10.8. The monoisotopic (exact) mass is 230 g/mol. The summed E-state index contributed by atoms with van der Waals surface area (Å²) in [4.78, 5) is 4.24. The van der Waals surface area contributed by atoms with E-state index in [0.717, 1.165) is 12.0 Å². The van der Waals surface area contributed by atoms with Crippen molar-refractivity contribution in [1.29, 1.82) is 0 Å². The maximum atomic E-state index is 5.00. The minimum Gasteiger partial charge on any atom is -0.339 e. The summed E-state index contributed by atoms with van der Waals surface area (Å²) in [6.45, 7) is 8.50. The Morgan fingerprint density at radius 1 is 1.24 bits per heavy atom. The van der Waals surface area contributed by atoms with E-state index in [0.29, 0.717) is 11.7 Å². The minimum atomic E-state index is 0.284. The predicted molar refractivity (Wildman–Crippen MR) is 67.6 cm³/mol. The lowest BCUT2D eigenvalue weighted by Gasteiger charge is -2.18. The highest BCUT2D eigenvalue weighted by atomic mass is 16.5. The van der Waals surface area contributed by atoms with Crippen molar-refractivity contribution in [2.45, 2.75) is 34.1 Å². The number of rotatable bonds is 2. The summed E-state index contributed by atoms with van der Waals surface area (Å²) in [5.74, 6) is 1.26. The standard InChI is InChI=1S/C14H18N2O/c1-10-15-13(16-17-10)12-7-5-6-11(8-12)9-14(2,3)4/h5-8H,9H2,1-4H3. The van der Waals surface area contributed by atoms with Crippen LogP contribution in [0, 0.1) is 12.3 Å². The lowest BCUT2D eigenvalue weighted by molar-refractivity contribution is 0.394. The van der Waals surface area contributed by atoms with Gasteiger partial charge in [-0.15, -0.1) is 0 Å². The van der Waals surface area contributed by atoms with Crippen LogP contribution in [0.3, 0.4) is 0 Å². The number of hydrogen-bond acceptors (Lipinski definition) is 3. The summed E-state index contributed by atoms with van der Waals surface area (Å²) in [6, 6.07) is 8.33. The van der Waals surface area contributed by atoms with Crippen molar-refractivity contribution in [3.8, 4) is 11.4 Å². The molecule has 0 aliphatic rings. The molecule has 1 aromatic carbocycles. The van der Waals surface area contributed by atoms with Crippen molar-refractivity contribution >= 4 is 0 Å². The third kappa shape index (κ3) is 3.16. The topological polar surface area (TPSA) is 38.9 Å². The second-order valence-corrected chi connectivity index (χ2v) is 5.57. The Bertz CT molecular complexity index is 509. The first-order valence-electron chi connectivity index (χ1n) is 5.84. The van der Waals surface area contributed by atoms with Gasteiger partial charge in [0, 0.05) is 12.5 Å². The molecule has 2 rings (SSSR count). The van der Waals surface area contributed by atoms with Gasteiger partial charge in [0.25, 0.3) is 0 Å². The van der Waals surface area contributed by atoms with Crippen LogP contribution in [0.4, 0.5) is 0 Å². The summed E-state index contributed by atoms with van der Waals surface area (Å²) in [5.41, 5.74) is 2.60. The molecule has 0 atom stereocenters. The summed E-state index contributed by atoms with van der Waals surface area (Å²) < 4.78 is 5.00. The molecule has 0 fully saturated rings. The van der Waals surface area contributed by atoms with Crippen LogP contribution >= 0.6 is 0 Å². The Hall–Kier alpha value is -1.64. The molecule has 0 spiro atoms. The maximum Gasteiger partial charge on any atom is 0.223 e. The molecule has 1 heterocycles. The van der Waals surface area contributed by atoms with Gasteiger partial charge in [-0.2, -0.15) is 4.98 Å². The number of nitrogens with zero attached hydrogens (tertiary/aromatic N) is 2. The van der Waals surface area contributed by atoms with E-state index in [1.54, 1.807) is 6.92 Å². The third-order valence-corrected chi connectivity index (χ3v) is 2.45.